The molecule has 1 aliphatic heterocycles. The predicted molar refractivity (Wildman–Crippen MR) is 54.7 cm³/mol. The molecule has 0 aromatic carbocycles. The van der Waals surface area contributed by atoms with Crippen LogP contribution in [0.2, 0.25) is 0 Å². The predicted octanol–water partition coefficient (Wildman–Crippen LogP) is -0.134. The summed E-state index contributed by atoms with van der Waals surface area (Å²) < 4.78 is 1.52. The van der Waals surface area contributed by atoms with Gasteiger partial charge in [0.05, 0.1) is 4.92 Å². The van der Waals surface area contributed by atoms with Gasteiger partial charge in [-0.1, -0.05) is 0 Å². The fraction of sp³-hybridized carbons (Fsp3) is 0.625. The second kappa shape index (κ2) is 3.50. The van der Waals surface area contributed by atoms with Crippen molar-refractivity contribution >= 4 is 11.5 Å². The normalized spacial score (nSPS) is 20.9. The lowest BCUT2D eigenvalue weighted by Crippen LogP contribution is -2.28. The van der Waals surface area contributed by atoms with E-state index in [1.54, 1.807) is 7.05 Å². The van der Waals surface area contributed by atoms with E-state index in [1.165, 1.54) is 10.9 Å². The van der Waals surface area contributed by atoms with Crippen molar-refractivity contribution in [2.45, 2.75) is 12.5 Å². The van der Waals surface area contributed by atoms with Crippen LogP contribution in [-0.2, 0) is 7.05 Å². The molecule has 1 aliphatic rings. The zero-order valence-corrected chi connectivity index (χ0v) is 8.46. The Kier molecular flexibility index (Phi) is 2.31. The molecule has 0 unspecified atom stereocenters. The van der Waals surface area contributed by atoms with Crippen molar-refractivity contribution in [1.29, 1.82) is 0 Å². The van der Waals surface area contributed by atoms with Gasteiger partial charge < -0.3 is 10.6 Å². The minimum absolute atomic E-state index is 0.0478. The Labute approximate surface area is 86.6 Å². The van der Waals surface area contributed by atoms with E-state index in [0.717, 1.165) is 13.0 Å². The maximum Gasteiger partial charge on any atom is 0.331 e. The Morgan fingerprint density at radius 1 is 1.73 bits per heavy atom. The topological polar surface area (TPSA) is 90.2 Å². The Bertz CT molecular complexity index is 388. The van der Waals surface area contributed by atoms with Gasteiger partial charge in [-0.25, -0.2) is 4.68 Å². The molecule has 7 nitrogen and oxygen atoms in total. The van der Waals surface area contributed by atoms with Gasteiger partial charge in [0.15, 0.2) is 0 Å². The monoisotopic (exact) mass is 211 g/mol. The van der Waals surface area contributed by atoms with E-state index < -0.39 is 4.92 Å². The van der Waals surface area contributed by atoms with Crippen LogP contribution in [0.15, 0.2) is 6.20 Å². The number of rotatable bonds is 2. The molecule has 0 saturated carbocycles. The van der Waals surface area contributed by atoms with Crippen LogP contribution in [0.1, 0.15) is 6.42 Å². The molecule has 0 spiro atoms. The minimum Gasteiger partial charge on any atom is -0.349 e. The van der Waals surface area contributed by atoms with Gasteiger partial charge in [0, 0.05) is 26.2 Å². The van der Waals surface area contributed by atoms with Gasteiger partial charge in [0.25, 0.3) is 0 Å². The average molecular weight is 211 g/mol. The van der Waals surface area contributed by atoms with Crippen molar-refractivity contribution in [3.63, 3.8) is 0 Å². The summed E-state index contributed by atoms with van der Waals surface area (Å²) in [5.74, 6) is 0.549. The number of aromatic nitrogens is 2. The highest BCUT2D eigenvalue weighted by Gasteiger charge is 2.29. The van der Waals surface area contributed by atoms with E-state index in [-0.39, 0.29) is 11.7 Å². The molecule has 1 aromatic heterocycles. The SMILES string of the molecule is Cn1ncc([N+](=O)[O-])c1N1CC[C@H](N)C1. The molecular weight excluding hydrogens is 198 g/mol. The number of anilines is 1. The van der Waals surface area contributed by atoms with E-state index in [9.17, 15) is 10.1 Å². The minimum atomic E-state index is -0.411. The molecule has 0 bridgehead atoms. The molecule has 1 fully saturated rings. The van der Waals surface area contributed by atoms with E-state index in [0.29, 0.717) is 12.4 Å². The molecule has 0 radical (unpaired) electrons. The maximum atomic E-state index is 10.8. The summed E-state index contributed by atoms with van der Waals surface area (Å²) in [6.45, 7) is 1.40. The zero-order valence-electron chi connectivity index (χ0n) is 8.46. The van der Waals surface area contributed by atoms with E-state index in [4.69, 9.17) is 5.73 Å². The third kappa shape index (κ3) is 1.65. The Hall–Kier alpha value is -1.63. The van der Waals surface area contributed by atoms with Crippen molar-refractivity contribution < 1.29 is 4.92 Å². The molecule has 2 rings (SSSR count). The largest absolute Gasteiger partial charge is 0.349 e. The zero-order chi connectivity index (χ0) is 11.0. The second-order valence-electron chi connectivity index (χ2n) is 3.73. The van der Waals surface area contributed by atoms with Crippen molar-refractivity contribution in [1.82, 2.24) is 9.78 Å². The summed E-state index contributed by atoms with van der Waals surface area (Å²) >= 11 is 0. The number of hydrogen-bond donors (Lipinski definition) is 1. The van der Waals surface area contributed by atoms with Crippen molar-refractivity contribution in [2.24, 2.45) is 12.8 Å². The van der Waals surface area contributed by atoms with Crippen molar-refractivity contribution in [2.75, 3.05) is 18.0 Å². The van der Waals surface area contributed by atoms with Crippen LogP contribution in [-0.4, -0.2) is 33.8 Å². The van der Waals surface area contributed by atoms with Gasteiger partial charge >= 0.3 is 5.69 Å². The Balaban J connectivity index is 2.34. The van der Waals surface area contributed by atoms with Crippen molar-refractivity contribution in [3.05, 3.63) is 16.3 Å². The molecule has 15 heavy (non-hydrogen) atoms. The summed E-state index contributed by atoms with van der Waals surface area (Å²) in [4.78, 5) is 12.3. The van der Waals surface area contributed by atoms with Crippen LogP contribution in [0.5, 0.6) is 0 Å². The molecule has 0 amide bonds. The van der Waals surface area contributed by atoms with Crippen LogP contribution >= 0.6 is 0 Å². The van der Waals surface area contributed by atoms with E-state index in [1.807, 2.05) is 4.90 Å². The highest BCUT2D eigenvalue weighted by molar-refractivity contribution is 5.58. The number of hydrogen-bond acceptors (Lipinski definition) is 5. The number of nitro groups is 1. The van der Waals surface area contributed by atoms with Gasteiger partial charge in [-0.05, 0) is 6.42 Å². The summed E-state index contributed by atoms with van der Waals surface area (Å²) in [6, 6.07) is 0.0968. The highest BCUT2D eigenvalue weighted by atomic mass is 16.6. The van der Waals surface area contributed by atoms with Gasteiger partial charge in [0.2, 0.25) is 5.82 Å². The molecule has 1 saturated heterocycles. The van der Waals surface area contributed by atoms with Crippen molar-refractivity contribution in [3.8, 4) is 0 Å². The molecule has 2 heterocycles. The lowest BCUT2D eigenvalue weighted by Gasteiger charge is -2.16. The fourth-order valence-corrected chi connectivity index (χ4v) is 1.89. The number of nitrogens with zero attached hydrogens (tertiary/aromatic N) is 4. The lowest BCUT2D eigenvalue weighted by atomic mass is 10.3. The second-order valence-corrected chi connectivity index (χ2v) is 3.73. The third-order valence-electron chi connectivity index (χ3n) is 2.61. The molecule has 1 atom stereocenters. The molecular formula is C8H13N5O2. The van der Waals surface area contributed by atoms with Crippen LogP contribution in [0, 0.1) is 10.1 Å². The number of nitrogens with two attached hydrogens (primary N) is 1. The molecule has 0 aliphatic carbocycles. The first-order valence-electron chi connectivity index (χ1n) is 4.76. The van der Waals surface area contributed by atoms with Gasteiger partial charge in [0.1, 0.15) is 6.20 Å². The van der Waals surface area contributed by atoms with Crippen LogP contribution in [0.3, 0.4) is 0 Å². The first kappa shape index (κ1) is 9.91. The van der Waals surface area contributed by atoms with Crippen LogP contribution in [0.25, 0.3) is 0 Å². The molecule has 2 N–H and O–H groups in total. The summed E-state index contributed by atoms with van der Waals surface area (Å²) in [5.41, 5.74) is 5.81. The average Bonchev–Trinajstić information content (AvgIpc) is 2.71. The van der Waals surface area contributed by atoms with Gasteiger partial charge in [-0.15, -0.1) is 0 Å². The first-order valence-corrected chi connectivity index (χ1v) is 4.76. The van der Waals surface area contributed by atoms with E-state index in [2.05, 4.69) is 5.10 Å². The molecule has 82 valence electrons. The molecule has 1 aromatic rings. The summed E-state index contributed by atoms with van der Waals surface area (Å²) in [5, 5.41) is 14.7. The highest BCUT2D eigenvalue weighted by Crippen LogP contribution is 2.29. The quantitative estimate of drug-likeness (QED) is 0.543. The maximum absolute atomic E-state index is 10.8. The molecule has 7 heteroatoms. The number of aryl methyl sites for hydroxylation is 1. The van der Waals surface area contributed by atoms with Crippen LogP contribution < -0.4 is 10.6 Å². The van der Waals surface area contributed by atoms with Gasteiger partial charge in [-0.2, -0.15) is 5.10 Å². The summed E-state index contributed by atoms with van der Waals surface area (Å²) in [6.07, 6.45) is 2.14. The standard InChI is InChI=1S/C8H13N5O2/c1-11-8(7(4-10-11)13(14)15)12-3-2-6(9)5-12/h4,6H,2-3,5,9H2,1H3/t6-/m0/s1. The van der Waals surface area contributed by atoms with Gasteiger partial charge in [-0.3, -0.25) is 10.1 Å². The van der Waals surface area contributed by atoms with Crippen LogP contribution in [0.4, 0.5) is 11.5 Å². The Morgan fingerprint density at radius 2 is 2.47 bits per heavy atom. The first-order chi connectivity index (χ1) is 7.09. The Morgan fingerprint density at radius 3 is 3.00 bits per heavy atom. The lowest BCUT2D eigenvalue weighted by molar-refractivity contribution is -0.384. The fourth-order valence-electron chi connectivity index (χ4n) is 1.89. The van der Waals surface area contributed by atoms with E-state index >= 15 is 0 Å². The summed E-state index contributed by atoms with van der Waals surface area (Å²) in [7, 11) is 1.70. The smallest absolute Gasteiger partial charge is 0.331 e. The third-order valence-corrected chi connectivity index (χ3v) is 2.61.